The molecule has 5 nitrogen and oxygen atoms in total. The van der Waals surface area contributed by atoms with Crippen molar-refractivity contribution in [2.45, 2.75) is 20.3 Å². The van der Waals surface area contributed by atoms with Gasteiger partial charge in [-0.1, -0.05) is 25.4 Å². The monoisotopic (exact) mass is 295 g/mol. The average Bonchev–Trinajstić information content (AvgIpc) is 3.01. The second-order valence-corrected chi connectivity index (χ2v) is 5.79. The highest BCUT2D eigenvalue weighted by molar-refractivity contribution is 6.31. The quantitative estimate of drug-likeness (QED) is 0.946. The molecular weight excluding hydrogens is 281 g/mol. The fourth-order valence-electron chi connectivity index (χ4n) is 2.68. The number of benzene rings is 1. The first-order chi connectivity index (χ1) is 9.58. The molecule has 106 valence electrons. The zero-order valence-corrected chi connectivity index (χ0v) is 12.1. The van der Waals surface area contributed by atoms with E-state index in [9.17, 15) is 4.39 Å². The molecule has 1 aromatic carbocycles. The Hall–Kier alpha value is -1.69. The first-order valence-corrected chi connectivity index (χ1v) is 6.95. The van der Waals surface area contributed by atoms with Gasteiger partial charge in [-0.15, -0.1) is 10.2 Å². The van der Waals surface area contributed by atoms with Crippen LogP contribution in [-0.4, -0.2) is 33.7 Å². The minimum Gasteiger partial charge on any atom is -0.370 e. The van der Waals surface area contributed by atoms with Gasteiger partial charge in [-0.25, -0.2) is 4.39 Å². The largest absolute Gasteiger partial charge is 0.370 e. The van der Waals surface area contributed by atoms with Crippen molar-refractivity contribution in [3.63, 3.8) is 0 Å². The second-order valence-electron chi connectivity index (χ2n) is 5.38. The number of aromatic nitrogens is 4. The summed E-state index contributed by atoms with van der Waals surface area (Å²) in [7, 11) is 0. The third-order valence-electron chi connectivity index (χ3n) is 3.39. The predicted molar refractivity (Wildman–Crippen MR) is 75.3 cm³/mol. The molecule has 1 aliphatic heterocycles. The molecule has 2 aromatic rings. The van der Waals surface area contributed by atoms with Gasteiger partial charge in [-0.05, 0) is 29.2 Å². The molecule has 0 fully saturated rings. The zero-order valence-electron chi connectivity index (χ0n) is 11.3. The molecule has 0 unspecified atom stereocenters. The van der Waals surface area contributed by atoms with Crippen molar-refractivity contribution in [3.05, 3.63) is 22.5 Å². The number of rotatable bonds is 3. The van der Waals surface area contributed by atoms with E-state index in [2.05, 4.69) is 39.4 Å². The Balaban J connectivity index is 2.18. The molecule has 20 heavy (non-hydrogen) atoms. The Bertz CT molecular complexity index is 626. The number of hydrogen-bond acceptors (Lipinski definition) is 4. The Kier molecular flexibility index (Phi) is 3.33. The van der Waals surface area contributed by atoms with Crippen LogP contribution < -0.4 is 4.90 Å². The third-order valence-corrected chi connectivity index (χ3v) is 3.67. The van der Waals surface area contributed by atoms with Gasteiger partial charge in [0.15, 0.2) is 5.82 Å². The number of nitrogens with one attached hydrogen (secondary N) is 1. The number of fused-ring (bicyclic) bond motifs is 1. The molecule has 0 bridgehead atoms. The summed E-state index contributed by atoms with van der Waals surface area (Å²) in [5, 5.41) is 13.8. The zero-order chi connectivity index (χ0) is 14.3. The van der Waals surface area contributed by atoms with Gasteiger partial charge in [0.1, 0.15) is 0 Å². The van der Waals surface area contributed by atoms with E-state index in [1.165, 1.54) is 0 Å². The van der Waals surface area contributed by atoms with Crippen LogP contribution in [0.2, 0.25) is 5.02 Å². The number of halogens is 2. The maximum atomic E-state index is 14.5. The summed E-state index contributed by atoms with van der Waals surface area (Å²) in [5.74, 6) is 0.247. The van der Waals surface area contributed by atoms with Crippen LogP contribution in [0.3, 0.4) is 0 Å². The normalized spacial score (nSPS) is 14.2. The van der Waals surface area contributed by atoms with Crippen LogP contribution in [0, 0.1) is 11.7 Å². The maximum absolute atomic E-state index is 14.5. The summed E-state index contributed by atoms with van der Waals surface area (Å²) in [6.45, 7) is 5.99. The van der Waals surface area contributed by atoms with Crippen molar-refractivity contribution in [1.82, 2.24) is 20.6 Å². The lowest BCUT2D eigenvalue weighted by molar-refractivity contribution is 0.615. The van der Waals surface area contributed by atoms with Gasteiger partial charge in [0, 0.05) is 13.1 Å². The Morgan fingerprint density at radius 2 is 2.30 bits per heavy atom. The summed E-state index contributed by atoms with van der Waals surface area (Å²) in [6.07, 6.45) is 0.854. The highest BCUT2D eigenvalue weighted by atomic mass is 35.5. The van der Waals surface area contributed by atoms with E-state index in [-0.39, 0.29) is 10.8 Å². The predicted octanol–water partition coefficient (Wildman–Crippen LogP) is 2.68. The van der Waals surface area contributed by atoms with E-state index in [1.54, 1.807) is 6.07 Å². The second kappa shape index (κ2) is 5.01. The lowest BCUT2D eigenvalue weighted by atomic mass is 10.1. The number of tetrazole rings is 1. The van der Waals surface area contributed by atoms with Crippen molar-refractivity contribution in [1.29, 1.82) is 0 Å². The van der Waals surface area contributed by atoms with Crippen LogP contribution in [0.5, 0.6) is 0 Å². The summed E-state index contributed by atoms with van der Waals surface area (Å²) in [5.41, 5.74) is 2.23. The highest BCUT2D eigenvalue weighted by Crippen LogP contribution is 2.41. The molecule has 3 rings (SSSR count). The molecule has 0 saturated carbocycles. The van der Waals surface area contributed by atoms with Gasteiger partial charge in [0.05, 0.1) is 16.3 Å². The topological polar surface area (TPSA) is 57.7 Å². The van der Waals surface area contributed by atoms with Crippen molar-refractivity contribution < 1.29 is 4.39 Å². The van der Waals surface area contributed by atoms with Crippen LogP contribution in [0.15, 0.2) is 6.07 Å². The molecule has 0 atom stereocenters. The van der Waals surface area contributed by atoms with E-state index < -0.39 is 5.82 Å². The molecule has 0 radical (unpaired) electrons. The highest BCUT2D eigenvalue weighted by Gasteiger charge is 2.29. The lowest BCUT2D eigenvalue weighted by Gasteiger charge is -2.23. The minimum absolute atomic E-state index is 0.106. The van der Waals surface area contributed by atoms with Crippen LogP contribution in [0.1, 0.15) is 19.4 Å². The summed E-state index contributed by atoms with van der Waals surface area (Å²) >= 11 is 5.99. The SMILES string of the molecule is CC(C)CN1CCc2cc(Cl)c(F)c(-c3nn[nH]n3)c21. The molecule has 1 aromatic heterocycles. The first kappa shape index (κ1) is 13.3. The number of nitrogens with zero attached hydrogens (tertiary/aromatic N) is 4. The molecule has 1 aliphatic rings. The van der Waals surface area contributed by atoms with Crippen molar-refractivity contribution in [2.24, 2.45) is 5.92 Å². The molecule has 2 heterocycles. The van der Waals surface area contributed by atoms with Gasteiger partial charge < -0.3 is 4.90 Å². The van der Waals surface area contributed by atoms with Gasteiger partial charge >= 0.3 is 0 Å². The van der Waals surface area contributed by atoms with Gasteiger partial charge in [0.2, 0.25) is 5.82 Å². The summed E-state index contributed by atoms with van der Waals surface area (Å²) in [6, 6.07) is 1.70. The summed E-state index contributed by atoms with van der Waals surface area (Å²) < 4.78 is 14.5. The number of hydrogen-bond donors (Lipinski definition) is 1. The van der Waals surface area contributed by atoms with Gasteiger partial charge in [-0.3, -0.25) is 0 Å². The fourth-order valence-corrected chi connectivity index (χ4v) is 2.91. The average molecular weight is 296 g/mol. The maximum Gasteiger partial charge on any atom is 0.209 e. The van der Waals surface area contributed by atoms with E-state index in [1.807, 2.05) is 0 Å². The number of H-pyrrole nitrogens is 1. The fraction of sp³-hybridized carbons (Fsp3) is 0.462. The molecule has 0 amide bonds. The van der Waals surface area contributed by atoms with Crippen LogP contribution in [0.4, 0.5) is 10.1 Å². The Morgan fingerprint density at radius 1 is 1.50 bits per heavy atom. The van der Waals surface area contributed by atoms with Crippen molar-refractivity contribution in [2.75, 3.05) is 18.0 Å². The number of anilines is 1. The molecule has 1 N–H and O–H groups in total. The van der Waals surface area contributed by atoms with Crippen LogP contribution >= 0.6 is 11.6 Å². The lowest BCUT2D eigenvalue weighted by Crippen LogP contribution is -2.26. The Labute approximate surface area is 121 Å². The smallest absolute Gasteiger partial charge is 0.209 e. The molecule has 0 spiro atoms. The molecule has 0 saturated heterocycles. The molecular formula is C13H15ClFN5. The Morgan fingerprint density at radius 3 is 2.95 bits per heavy atom. The van der Waals surface area contributed by atoms with E-state index in [0.717, 1.165) is 30.8 Å². The first-order valence-electron chi connectivity index (χ1n) is 6.57. The number of aromatic amines is 1. The van der Waals surface area contributed by atoms with Gasteiger partial charge in [-0.2, -0.15) is 5.21 Å². The van der Waals surface area contributed by atoms with Crippen LogP contribution in [-0.2, 0) is 6.42 Å². The van der Waals surface area contributed by atoms with Crippen molar-refractivity contribution in [3.8, 4) is 11.4 Å². The van der Waals surface area contributed by atoms with E-state index >= 15 is 0 Å². The van der Waals surface area contributed by atoms with Gasteiger partial charge in [0.25, 0.3) is 0 Å². The third kappa shape index (κ3) is 2.14. The molecule has 7 heteroatoms. The van der Waals surface area contributed by atoms with E-state index in [4.69, 9.17) is 11.6 Å². The summed E-state index contributed by atoms with van der Waals surface area (Å²) in [4.78, 5) is 2.17. The van der Waals surface area contributed by atoms with Crippen LogP contribution in [0.25, 0.3) is 11.4 Å². The molecule has 0 aliphatic carbocycles. The standard InChI is InChI=1S/C13H15ClFN5/c1-7(2)6-20-4-3-8-5-9(14)11(15)10(12(8)20)13-16-18-19-17-13/h5,7H,3-4,6H2,1-2H3,(H,16,17,18,19). The van der Waals surface area contributed by atoms with Crippen molar-refractivity contribution >= 4 is 17.3 Å². The minimum atomic E-state index is -0.484. The van der Waals surface area contributed by atoms with E-state index in [0.29, 0.717) is 11.5 Å².